The Morgan fingerprint density at radius 1 is 1.55 bits per heavy atom. The molecule has 0 fully saturated rings. The lowest BCUT2D eigenvalue weighted by Gasteiger charge is -2.14. The summed E-state index contributed by atoms with van der Waals surface area (Å²) in [5, 5.41) is 11.0. The van der Waals surface area contributed by atoms with Crippen LogP contribution in [0, 0.1) is 0 Å². The van der Waals surface area contributed by atoms with Crippen molar-refractivity contribution >= 4 is 18.0 Å². The Kier molecular flexibility index (Phi) is 3.82. The van der Waals surface area contributed by atoms with Gasteiger partial charge in [0.25, 0.3) is 0 Å². The largest absolute Gasteiger partial charge is 0.480 e. The number of rotatable bonds is 7. The molecule has 1 aliphatic rings. The lowest BCUT2D eigenvalue weighted by Crippen LogP contribution is -2.41. The average Bonchev–Trinajstić information content (AvgIpc) is 2.48. The summed E-state index contributed by atoms with van der Waals surface area (Å²) in [5.41, 5.74) is 4.86. The molecule has 20 heavy (non-hydrogen) atoms. The molecule has 0 saturated heterocycles. The average molecular weight is 287 g/mol. The van der Waals surface area contributed by atoms with Crippen molar-refractivity contribution in [2.45, 2.75) is 31.6 Å². The number of hydrogen-bond acceptors (Lipinski definition) is 4. The molecule has 0 heterocycles. The fourth-order valence-corrected chi connectivity index (χ4v) is 1.30. The molecule has 1 rings (SSSR count). The molecular weight excluding hydrogens is 264 g/mol. The Balaban J connectivity index is 2.68. The van der Waals surface area contributed by atoms with Gasteiger partial charge in [0.1, 0.15) is 12.6 Å². The molecule has 7 nitrogen and oxygen atoms in total. The number of alkyl carbamates (subject to hydrolysis) is 1. The molecule has 0 aromatic rings. The lowest BCUT2D eigenvalue weighted by molar-refractivity contribution is -0.139. The molecule has 0 aromatic heterocycles. The molecule has 0 unspecified atom stereocenters. The molecule has 110 valence electrons. The van der Waals surface area contributed by atoms with Gasteiger partial charge in [-0.15, -0.1) is 0 Å². The number of carboxylic acids is 1. The number of aliphatic carboxylic acids is 1. The zero-order valence-electron chi connectivity index (χ0n) is 15.5. The van der Waals surface area contributed by atoms with Crippen molar-refractivity contribution in [3.63, 3.8) is 0 Å². The highest BCUT2D eigenvalue weighted by Crippen LogP contribution is 2.09. The first-order valence-electron chi connectivity index (χ1n) is 8.22. The number of hydrogen-bond donors (Lipinski definition) is 3. The Morgan fingerprint density at radius 3 is 2.95 bits per heavy atom. The molecule has 1 aliphatic carbocycles. The van der Waals surface area contributed by atoms with E-state index >= 15 is 0 Å². The highest BCUT2D eigenvalue weighted by atomic mass is 16.5. The van der Waals surface area contributed by atoms with Gasteiger partial charge in [-0.05, 0) is 24.7 Å². The van der Waals surface area contributed by atoms with Crippen LogP contribution in [0.3, 0.4) is 0 Å². The quantitative estimate of drug-likeness (QED) is 0.637. The molecule has 0 spiro atoms. The second-order valence-corrected chi connectivity index (χ2v) is 3.87. The highest BCUT2D eigenvalue weighted by Gasteiger charge is 2.21. The summed E-state index contributed by atoms with van der Waals surface area (Å²) in [5.74, 6) is -2.12. The summed E-state index contributed by atoms with van der Waals surface area (Å²) in [6.07, 6.45) is -4.53. The van der Waals surface area contributed by atoms with Crippen LogP contribution in [0.15, 0.2) is 23.8 Å². The fraction of sp³-hybridized carbons (Fsp3) is 0.462. The van der Waals surface area contributed by atoms with Crippen molar-refractivity contribution in [1.29, 1.82) is 0 Å². The third-order valence-electron chi connectivity index (χ3n) is 2.29. The second kappa shape index (κ2) is 7.98. The minimum Gasteiger partial charge on any atom is -0.480 e. The maximum absolute atomic E-state index is 11.7. The predicted molar refractivity (Wildman–Crippen MR) is 70.8 cm³/mol. The number of nitrogens with one attached hydrogen (secondary N) is 1. The van der Waals surface area contributed by atoms with Crippen LogP contribution >= 0.6 is 0 Å². The number of allylic oxidation sites excluding steroid dienone is 2. The van der Waals surface area contributed by atoms with Crippen LogP contribution in [-0.4, -0.2) is 35.7 Å². The van der Waals surface area contributed by atoms with E-state index in [4.69, 9.17) is 22.4 Å². The zero-order valence-corrected chi connectivity index (χ0v) is 10.5. The minimum atomic E-state index is -2.60. The van der Waals surface area contributed by atoms with Crippen LogP contribution in [-0.2, 0) is 14.3 Å². The minimum absolute atomic E-state index is 0.0562. The van der Waals surface area contributed by atoms with Gasteiger partial charge < -0.3 is 20.9 Å². The second-order valence-electron chi connectivity index (χ2n) is 3.87. The van der Waals surface area contributed by atoms with Crippen molar-refractivity contribution in [2.75, 3.05) is 6.61 Å². The van der Waals surface area contributed by atoms with Crippen LogP contribution in [0.25, 0.3) is 0 Å². The maximum Gasteiger partial charge on any atom is 0.408 e. The maximum atomic E-state index is 11.7. The summed E-state index contributed by atoms with van der Waals surface area (Å²) >= 11 is 0. The van der Waals surface area contributed by atoms with E-state index in [-0.39, 0.29) is 18.4 Å². The Labute approximate surface area is 123 Å². The lowest BCUT2D eigenvalue weighted by atomic mass is 10.1. The highest BCUT2D eigenvalue weighted by molar-refractivity contribution is 5.81. The number of carbonyl (C=O) groups excluding carboxylic acids is 2. The van der Waals surface area contributed by atoms with Gasteiger partial charge in [-0.25, -0.2) is 9.59 Å². The summed E-state index contributed by atoms with van der Waals surface area (Å²) in [6.45, 7) is -0.543. The number of amides is 2. The van der Waals surface area contributed by atoms with Gasteiger partial charge in [-0.1, -0.05) is 18.2 Å². The third kappa shape index (κ3) is 6.03. The Bertz CT molecular complexity index is 632. The Hall–Kier alpha value is -2.31. The van der Waals surface area contributed by atoms with Gasteiger partial charge in [0, 0.05) is 11.9 Å². The third-order valence-corrected chi connectivity index (χ3v) is 2.29. The van der Waals surface area contributed by atoms with Gasteiger partial charge in [0.15, 0.2) is 0 Å². The van der Waals surface area contributed by atoms with Crippen LogP contribution in [0.1, 0.15) is 32.4 Å². The van der Waals surface area contributed by atoms with Gasteiger partial charge in [0.2, 0.25) is 5.91 Å². The van der Waals surface area contributed by atoms with E-state index in [1.165, 1.54) is 0 Å². The first kappa shape index (κ1) is 9.57. The predicted octanol–water partition coefficient (Wildman–Crippen LogP) is 0.708. The van der Waals surface area contributed by atoms with Crippen LogP contribution in [0.2, 0.25) is 0 Å². The van der Waals surface area contributed by atoms with Gasteiger partial charge >= 0.3 is 12.1 Å². The van der Waals surface area contributed by atoms with E-state index in [9.17, 15) is 14.4 Å². The van der Waals surface area contributed by atoms with Crippen molar-refractivity contribution in [1.82, 2.24) is 5.32 Å². The molecule has 0 saturated carbocycles. The van der Waals surface area contributed by atoms with Gasteiger partial charge in [-0.2, -0.15) is 0 Å². The van der Waals surface area contributed by atoms with Crippen LogP contribution in [0.5, 0.6) is 0 Å². The van der Waals surface area contributed by atoms with Crippen LogP contribution < -0.4 is 11.1 Å². The van der Waals surface area contributed by atoms with E-state index in [1.807, 2.05) is 5.32 Å². The zero-order chi connectivity index (χ0) is 19.4. The molecule has 0 radical (unpaired) electrons. The Morgan fingerprint density at radius 2 is 2.30 bits per heavy atom. The van der Waals surface area contributed by atoms with Gasteiger partial charge in [0.05, 0.1) is 1.37 Å². The number of primary amides is 1. The topological polar surface area (TPSA) is 119 Å². The van der Waals surface area contributed by atoms with Gasteiger partial charge in [-0.3, -0.25) is 4.79 Å². The van der Waals surface area contributed by atoms with E-state index in [1.54, 1.807) is 0 Å². The molecule has 7 heteroatoms. The summed E-state index contributed by atoms with van der Waals surface area (Å²) in [4.78, 5) is 33.3. The van der Waals surface area contributed by atoms with Crippen molar-refractivity contribution in [2.24, 2.45) is 5.73 Å². The number of carbonyl (C=O) groups is 3. The van der Waals surface area contributed by atoms with Crippen molar-refractivity contribution < 1.29 is 31.1 Å². The van der Waals surface area contributed by atoms with E-state index < -0.39 is 49.4 Å². The monoisotopic (exact) mass is 287 g/mol. The van der Waals surface area contributed by atoms with Crippen molar-refractivity contribution in [3.8, 4) is 0 Å². The normalized spacial score (nSPS) is 24.3. The molecule has 0 bridgehead atoms. The molecule has 4 N–H and O–H groups in total. The molecule has 0 aliphatic heterocycles. The fourth-order valence-electron chi connectivity index (χ4n) is 1.30. The van der Waals surface area contributed by atoms with E-state index in [0.717, 1.165) is 12.2 Å². The van der Waals surface area contributed by atoms with Crippen LogP contribution in [0.4, 0.5) is 4.79 Å². The number of ether oxygens (including phenoxy) is 1. The molecular formula is C13H18N2O5. The molecule has 1 atom stereocenters. The standard InChI is InChI=1S/C13H18N2O5/c14-11(16)7-6-10(12(17)18)15-13(19)20-8-9-4-2-1-3-5-9/h2,4-5,10H,1,3,6-8H2,(H2,14,16)(H,15,19)(H,17,18)/t10-/m0/s1/i1D2,3D2,5D. The SMILES string of the molecule is [2H]C1=C(COC(=O)N[C@@H](CCC(N)=O)C(=O)O)C=CC([2H])([2H])C1([2H])[2H]. The first-order chi connectivity index (χ1) is 11.4. The summed E-state index contributed by atoms with van der Waals surface area (Å²) < 4.78 is 42.8. The molecule has 2 amide bonds. The molecule has 0 aromatic carbocycles. The summed E-state index contributed by atoms with van der Waals surface area (Å²) in [6, 6.07) is -2.07. The first-order valence-corrected chi connectivity index (χ1v) is 5.72. The van der Waals surface area contributed by atoms with E-state index in [2.05, 4.69) is 0 Å². The van der Waals surface area contributed by atoms with E-state index in [0.29, 0.717) is 0 Å². The number of carboxylic acid groups (broad SMARTS) is 1. The van der Waals surface area contributed by atoms with Crippen molar-refractivity contribution in [3.05, 3.63) is 23.8 Å². The number of nitrogens with two attached hydrogens (primary N) is 1. The summed E-state index contributed by atoms with van der Waals surface area (Å²) in [7, 11) is 0. The smallest absolute Gasteiger partial charge is 0.408 e.